The molecule has 0 heterocycles. The highest BCUT2D eigenvalue weighted by Gasteiger charge is 2.33. The number of carbonyl (C=O) groups excluding carboxylic acids is 1. The third-order valence-electron chi connectivity index (χ3n) is 7.68. The second-order valence-electron chi connectivity index (χ2n) is 9.86. The maximum Gasteiger partial charge on any atom is 0.314 e. The molecule has 2 aliphatic rings. The molecule has 0 bridgehead atoms. The largest absolute Gasteiger partial charge is 0.426 e. The van der Waals surface area contributed by atoms with Gasteiger partial charge in [-0.2, -0.15) is 0 Å². The van der Waals surface area contributed by atoms with Crippen LogP contribution in [0.5, 0.6) is 5.75 Å². The van der Waals surface area contributed by atoms with E-state index in [1.54, 1.807) is 0 Å². The van der Waals surface area contributed by atoms with Crippen molar-refractivity contribution in [2.75, 3.05) is 0 Å². The van der Waals surface area contributed by atoms with E-state index in [1.807, 2.05) is 24.3 Å². The summed E-state index contributed by atoms with van der Waals surface area (Å²) in [6.45, 7) is 2.29. The first-order chi connectivity index (χ1) is 14.7. The number of ether oxygens (including phenoxy) is 1. The maximum absolute atomic E-state index is 12.5. The molecule has 0 N–H and O–H groups in total. The molecule has 30 heavy (non-hydrogen) atoms. The molecule has 0 atom stereocenters. The van der Waals surface area contributed by atoms with Gasteiger partial charge in [-0.3, -0.25) is 4.79 Å². The summed E-state index contributed by atoms with van der Waals surface area (Å²) in [6.07, 6.45) is 20.2. The molecule has 0 aliphatic heterocycles. The van der Waals surface area contributed by atoms with E-state index in [9.17, 15) is 4.79 Å². The molecule has 3 heteroatoms. The first kappa shape index (κ1) is 23.7. The molecule has 0 radical (unpaired) electrons. The quantitative estimate of drug-likeness (QED) is 0.175. The van der Waals surface area contributed by atoms with Crippen LogP contribution in [0.3, 0.4) is 0 Å². The van der Waals surface area contributed by atoms with Crippen molar-refractivity contribution in [3.05, 3.63) is 24.3 Å². The van der Waals surface area contributed by atoms with Gasteiger partial charge in [0.2, 0.25) is 0 Å². The zero-order valence-corrected chi connectivity index (χ0v) is 19.9. The van der Waals surface area contributed by atoms with Crippen molar-refractivity contribution >= 4 is 18.6 Å². The highest BCUT2D eigenvalue weighted by atomic mass is 32.1. The minimum absolute atomic E-state index is 0.0389. The second-order valence-corrected chi connectivity index (χ2v) is 10.4. The maximum atomic E-state index is 12.5. The van der Waals surface area contributed by atoms with E-state index in [-0.39, 0.29) is 11.9 Å². The number of benzene rings is 1. The molecule has 1 aromatic carbocycles. The van der Waals surface area contributed by atoms with Crippen LogP contribution >= 0.6 is 12.6 Å². The standard InChI is InChI=1S/C27H42O2S/c1-2-3-4-5-6-7-8-21-9-11-22(12-10-21)23-13-15-24(16-14-23)27(28)29-25-17-19-26(30)20-18-25/h17-24,30H,2-16H2,1H3. The van der Waals surface area contributed by atoms with Crippen LogP contribution in [0.4, 0.5) is 0 Å². The van der Waals surface area contributed by atoms with Gasteiger partial charge in [-0.1, -0.05) is 64.7 Å². The van der Waals surface area contributed by atoms with Crippen molar-refractivity contribution < 1.29 is 9.53 Å². The Hall–Kier alpha value is -0.960. The fourth-order valence-corrected chi connectivity index (χ4v) is 5.85. The summed E-state index contributed by atoms with van der Waals surface area (Å²) in [4.78, 5) is 13.4. The fraction of sp³-hybridized carbons (Fsp3) is 0.741. The number of unbranched alkanes of at least 4 members (excludes halogenated alkanes) is 5. The Balaban J connectivity index is 1.30. The van der Waals surface area contributed by atoms with Crippen molar-refractivity contribution in [2.24, 2.45) is 23.7 Å². The molecule has 0 spiro atoms. The van der Waals surface area contributed by atoms with E-state index >= 15 is 0 Å². The van der Waals surface area contributed by atoms with E-state index in [0.29, 0.717) is 5.75 Å². The van der Waals surface area contributed by atoms with E-state index in [0.717, 1.165) is 35.5 Å². The molecule has 2 aliphatic carbocycles. The summed E-state index contributed by atoms with van der Waals surface area (Å²) >= 11 is 4.28. The highest BCUT2D eigenvalue weighted by molar-refractivity contribution is 7.80. The first-order valence-electron chi connectivity index (χ1n) is 12.7. The lowest BCUT2D eigenvalue weighted by atomic mass is 9.68. The van der Waals surface area contributed by atoms with Gasteiger partial charge in [0.1, 0.15) is 5.75 Å². The summed E-state index contributed by atoms with van der Waals surface area (Å²) in [5.41, 5.74) is 0. The molecular formula is C27H42O2S. The third-order valence-corrected chi connectivity index (χ3v) is 7.98. The third kappa shape index (κ3) is 7.62. The van der Waals surface area contributed by atoms with E-state index in [4.69, 9.17) is 4.74 Å². The molecule has 2 saturated carbocycles. The number of hydrogen-bond acceptors (Lipinski definition) is 3. The first-order valence-corrected chi connectivity index (χ1v) is 13.1. The Kier molecular flexibility index (Phi) is 10.1. The van der Waals surface area contributed by atoms with Gasteiger partial charge in [-0.15, -0.1) is 12.6 Å². The van der Waals surface area contributed by atoms with Crippen LogP contribution in [-0.2, 0) is 4.79 Å². The number of hydrogen-bond donors (Lipinski definition) is 1. The molecule has 1 aromatic rings. The molecule has 0 amide bonds. The molecule has 3 rings (SSSR count). The van der Waals surface area contributed by atoms with Gasteiger partial charge in [-0.25, -0.2) is 0 Å². The molecule has 0 saturated heterocycles. The molecular weight excluding hydrogens is 388 g/mol. The van der Waals surface area contributed by atoms with Gasteiger partial charge in [0.05, 0.1) is 5.92 Å². The Bertz CT molecular complexity index is 610. The second kappa shape index (κ2) is 12.8. The Morgan fingerprint density at radius 3 is 2.03 bits per heavy atom. The van der Waals surface area contributed by atoms with Crippen molar-refractivity contribution in [3.8, 4) is 5.75 Å². The molecule has 0 unspecified atom stereocenters. The molecule has 168 valence electrons. The van der Waals surface area contributed by atoms with Crippen LogP contribution in [0.25, 0.3) is 0 Å². The van der Waals surface area contributed by atoms with Gasteiger partial charge >= 0.3 is 5.97 Å². The van der Waals surface area contributed by atoms with Crippen LogP contribution in [0.15, 0.2) is 29.2 Å². The summed E-state index contributed by atoms with van der Waals surface area (Å²) in [5.74, 6) is 3.42. The van der Waals surface area contributed by atoms with Gasteiger partial charge < -0.3 is 4.74 Å². The highest BCUT2D eigenvalue weighted by Crippen LogP contribution is 2.42. The number of carbonyl (C=O) groups is 1. The predicted octanol–water partition coefficient (Wildman–Crippen LogP) is 8.24. The van der Waals surface area contributed by atoms with Gasteiger partial charge in [0.15, 0.2) is 0 Å². The fourth-order valence-electron chi connectivity index (χ4n) is 5.70. The summed E-state index contributed by atoms with van der Waals surface area (Å²) in [5, 5.41) is 0. The SMILES string of the molecule is CCCCCCCCC1CCC(C2CCC(C(=O)Oc3ccc(S)cc3)CC2)CC1. The monoisotopic (exact) mass is 430 g/mol. The van der Waals surface area contributed by atoms with Crippen molar-refractivity contribution in [2.45, 2.75) is 108 Å². The predicted molar refractivity (Wildman–Crippen MR) is 128 cm³/mol. The van der Waals surface area contributed by atoms with Crippen LogP contribution < -0.4 is 4.74 Å². The zero-order valence-electron chi connectivity index (χ0n) is 19.0. The van der Waals surface area contributed by atoms with Crippen LogP contribution in [0.2, 0.25) is 0 Å². The molecule has 2 fully saturated rings. The lowest BCUT2D eigenvalue weighted by Gasteiger charge is -2.37. The Morgan fingerprint density at radius 2 is 1.40 bits per heavy atom. The lowest BCUT2D eigenvalue weighted by molar-refractivity contribution is -0.140. The van der Waals surface area contributed by atoms with Gasteiger partial charge in [0.25, 0.3) is 0 Å². The summed E-state index contributed by atoms with van der Waals surface area (Å²) in [6, 6.07) is 7.39. The van der Waals surface area contributed by atoms with E-state index < -0.39 is 0 Å². The van der Waals surface area contributed by atoms with E-state index in [2.05, 4.69) is 19.6 Å². The molecule has 2 nitrogen and oxygen atoms in total. The van der Waals surface area contributed by atoms with Crippen molar-refractivity contribution in [3.63, 3.8) is 0 Å². The van der Waals surface area contributed by atoms with Gasteiger partial charge in [-0.05, 0) is 80.5 Å². The zero-order chi connectivity index (χ0) is 21.2. The summed E-state index contributed by atoms with van der Waals surface area (Å²) in [7, 11) is 0. The Morgan fingerprint density at radius 1 is 0.833 bits per heavy atom. The van der Waals surface area contributed by atoms with Crippen molar-refractivity contribution in [1.82, 2.24) is 0 Å². The normalized spacial score (nSPS) is 27.0. The topological polar surface area (TPSA) is 26.3 Å². The minimum atomic E-state index is -0.0389. The minimum Gasteiger partial charge on any atom is -0.426 e. The van der Waals surface area contributed by atoms with Crippen LogP contribution in [-0.4, -0.2) is 5.97 Å². The average Bonchev–Trinajstić information content (AvgIpc) is 2.78. The lowest BCUT2D eigenvalue weighted by Crippen LogP contribution is -2.30. The summed E-state index contributed by atoms with van der Waals surface area (Å²) < 4.78 is 5.60. The average molecular weight is 431 g/mol. The number of rotatable bonds is 10. The number of thiol groups is 1. The van der Waals surface area contributed by atoms with Gasteiger partial charge in [0, 0.05) is 4.90 Å². The smallest absolute Gasteiger partial charge is 0.314 e. The van der Waals surface area contributed by atoms with Crippen LogP contribution in [0.1, 0.15) is 103 Å². The molecule has 0 aromatic heterocycles. The van der Waals surface area contributed by atoms with Crippen LogP contribution in [0, 0.1) is 23.7 Å². The van der Waals surface area contributed by atoms with Crippen molar-refractivity contribution in [1.29, 1.82) is 0 Å². The van der Waals surface area contributed by atoms with E-state index in [1.165, 1.54) is 83.5 Å². The Labute approximate surface area is 190 Å². The number of esters is 1.